The van der Waals surface area contributed by atoms with Crippen LogP contribution >= 0.6 is 0 Å². The topological polar surface area (TPSA) is 75.6 Å². The highest BCUT2D eigenvalue weighted by Gasteiger charge is 2.15. The molecule has 0 bridgehead atoms. The van der Waals surface area contributed by atoms with E-state index in [-0.39, 0.29) is 11.4 Å². The molecule has 0 aromatic heterocycles. The van der Waals surface area contributed by atoms with Crippen LogP contribution in [0.4, 0.5) is 0 Å². The number of ether oxygens (including phenoxy) is 1. The van der Waals surface area contributed by atoms with Crippen LogP contribution < -0.4 is 5.32 Å². The molecule has 2 rings (SSSR count). The Kier molecular flexibility index (Phi) is 6.77. The fourth-order valence-corrected chi connectivity index (χ4v) is 2.05. The number of nitrogens with one attached hydrogen (secondary N) is 1. The van der Waals surface area contributed by atoms with Crippen LogP contribution in [0.25, 0.3) is 6.08 Å². The number of phenolic OH excluding ortho intramolecular Hbond substituents is 1. The molecule has 0 spiro atoms. The number of amides is 1. The second-order valence-corrected chi connectivity index (χ2v) is 5.46. The lowest BCUT2D eigenvalue weighted by molar-refractivity contribution is -0.139. The summed E-state index contributed by atoms with van der Waals surface area (Å²) in [7, 11) is 0. The Labute approximate surface area is 146 Å². The lowest BCUT2D eigenvalue weighted by Gasteiger charge is -2.10. The molecule has 0 heterocycles. The molecule has 0 radical (unpaired) electrons. The molecule has 0 atom stereocenters. The largest absolute Gasteiger partial charge is 0.508 e. The molecule has 5 nitrogen and oxygen atoms in total. The summed E-state index contributed by atoms with van der Waals surface area (Å²) in [6, 6.07) is 14.9. The van der Waals surface area contributed by atoms with Crippen LogP contribution in [0.5, 0.6) is 5.75 Å². The van der Waals surface area contributed by atoms with Crippen LogP contribution in [-0.4, -0.2) is 23.6 Å². The molecular weight excluding hydrogens is 318 g/mol. The van der Waals surface area contributed by atoms with Gasteiger partial charge in [-0.3, -0.25) is 4.79 Å². The van der Waals surface area contributed by atoms with Crippen LogP contribution in [0, 0.1) is 0 Å². The smallest absolute Gasteiger partial charge is 0.354 e. The van der Waals surface area contributed by atoms with Gasteiger partial charge in [0.2, 0.25) is 0 Å². The molecule has 5 heteroatoms. The van der Waals surface area contributed by atoms with Gasteiger partial charge in [0.1, 0.15) is 11.4 Å². The molecule has 2 N–H and O–H groups in total. The number of aromatic hydroxyl groups is 1. The summed E-state index contributed by atoms with van der Waals surface area (Å²) in [6.07, 6.45) is 3.18. The Morgan fingerprint density at radius 2 is 1.76 bits per heavy atom. The van der Waals surface area contributed by atoms with Gasteiger partial charge in [-0.25, -0.2) is 4.79 Å². The van der Waals surface area contributed by atoms with E-state index in [0.29, 0.717) is 17.7 Å². The number of benzene rings is 2. The lowest BCUT2D eigenvalue weighted by Crippen LogP contribution is -2.28. The predicted molar refractivity (Wildman–Crippen MR) is 95.9 cm³/mol. The third-order valence-corrected chi connectivity index (χ3v) is 3.44. The monoisotopic (exact) mass is 339 g/mol. The molecule has 0 aliphatic rings. The minimum Gasteiger partial charge on any atom is -0.508 e. The van der Waals surface area contributed by atoms with E-state index in [9.17, 15) is 14.7 Å². The standard InChI is InChI=1S/C20H21NO4/c1-2-3-13-25-20(24)18(14-15-9-11-17(22)12-10-15)21-19(23)16-7-5-4-6-8-16/h4-12,14,22H,2-3,13H2,1H3,(H,21,23). The predicted octanol–water partition coefficient (Wildman–Crippen LogP) is 3.51. The van der Waals surface area contributed by atoms with E-state index >= 15 is 0 Å². The van der Waals surface area contributed by atoms with Gasteiger partial charge >= 0.3 is 5.97 Å². The molecule has 25 heavy (non-hydrogen) atoms. The van der Waals surface area contributed by atoms with E-state index in [1.54, 1.807) is 36.4 Å². The summed E-state index contributed by atoms with van der Waals surface area (Å²) in [5.74, 6) is -0.860. The Bertz CT molecular complexity index is 736. The first-order valence-corrected chi connectivity index (χ1v) is 8.14. The van der Waals surface area contributed by atoms with E-state index in [4.69, 9.17) is 4.74 Å². The molecule has 1 amide bonds. The summed E-state index contributed by atoms with van der Waals surface area (Å²) in [5, 5.41) is 12.0. The van der Waals surface area contributed by atoms with Crippen molar-refractivity contribution in [1.82, 2.24) is 5.32 Å². The normalized spacial score (nSPS) is 11.0. The number of carbonyl (C=O) groups excluding carboxylic acids is 2. The highest BCUT2D eigenvalue weighted by Crippen LogP contribution is 2.13. The van der Waals surface area contributed by atoms with Crippen molar-refractivity contribution in [2.75, 3.05) is 6.61 Å². The van der Waals surface area contributed by atoms with Gasteiger partial charge in [-0.2, -0.15) is 0 Å². The van der Waals surface area contributed by atoms with Crippen LogP contribution in [0.15, 0.2) is 60.3 Å². The van der Waals surface area contributed by atoms with E-state index in [2.05, 4.69) is 5.32 Å². The molecule has 0 aliphatic carbocycles. The van der Waals surface area contributed by atoms with Gasteiger partial charge < -0.3 is 15.2 Å². The van der Waals surface area contributed by atoms with Crippen LogP contribution in [-0.2, 0) is 9.53 Å². The zero-order chi connectivity index (χ0) is 18.1. The first-order valence-electron chi connectivity index (χ1n) is 8.14. The molecule has 0 saturated carbocycles. The number of unbranched alkanes of at least 4 members (excludes halogenated alkanes) is 1. The zero-order valence-electron chi connectivity index (χ0n) is 14.1. The van der Waals surface area contributed by atoms with Crippen molar-refractivity contribution in [3.8, 4) is 5.75 Å². The van der Waals surface area contributed by atoms with Gasteiger partial charge in [0.25, 0.3) is 5.91 Å². The van der Waals surface area contributed by atoms with Crippen molar-refractivity contribution < 1.29 is 19.4 Å². The number of hydrogen-bond acceptors (Lipinski definition) is 4. The number of rotatable bonds is 7. The molecule has 0 fully saturated rings. The molecule has 0 unspecified atom stereocenters. The summed E-state index contributed by atoms with van der Waals surface area (Å²) < 4.78 is 5.21. The highest BCUT2D eigenvalue weighted by molar-refractivity contribution is 6.03. The maximum absolute atomic E-state index is 12.3. The third-order valence-electron chi connectivity index (χ3n) is 3.44. The van der Waals surface area contributed by atoms with Crippen molar-refractivity contribution >= 4 is 18.0 Å². The second-order valence-electron chi connectivity index (χ2n) is 5.46. The van der Waals surface area contributed by atoms with Gasteiger partial charge in [-0.1, -0.05) is 43.7 Å². The average molecular weight is 339 g/mol. The maximum Gasteiger partial charge on any atom is 0.354 e. The first-order chi connectivity index (χ1) is 12.1. The van der Waals surface area contributed by atoms with E-state index in [1.165, 1.54) is 18.2 Å². The maximum atomic E-state index is 12.3. The van der Waals surface area contributed by atoms with Gasteiger partial charge in [-0.15, -0.1) is 0 Å². The first kappa shape index (κ1) is 18.3. The summed E-state index contributed by atoms with van der Waals surface area (Å²) in [5.41, 5.74) is 1.16. The quantitative estimate of drug-likeness (QED) is 0.460. The van der Waals surface area contributed by atoms with E-state index < -0.39 is 11.9 Å². The Morgan fingerprint density at radius 3 is 2.40 bits per heavy atom. The van der Waals surface area contributed by atoms with Crippen molar-refractivity contribution in [3.05, 3.63) is 71.4 Å². The fourth-order valence-electron chi connectivity index (χ4n) is 2.05. The number of hydrogen-bond donors (Lipinski definition) is 2. The number of phenols is 1. The van der Waals surface area contributed by atoms with Crippen molar-refractivity contribution in [3.63, 3.8) is 0 Å². The molecule has 2 aromatic rings. The number of carbonyl (C=O) groups is 2. The molecule has 0 saturated heterocycles. The summed E-state index contributed by atoms with van der Waals surface area (Å²) >= 11 is 0. The lowest BCUT2D eigenvalue weighted by atomic mass is 10.1. The van der Waals surface area contributed by atoms with Crippen molar-refractivity contribution in [1.29, 1.82) is 0 Å². The fraction of sp³-hybridized carbons (Fsp3) is 0.200. The summed E-state index contributed by atoms with van der Waals surface area (Å²) in [6.45, 7) is 2.29. The van der Waals surface area contributed by atoms with Crippen molar-refractivity contribution in [2.24, 2.45) is 0 Å². The zero-order valence-corrected chi connectivity index (χ0v) is 14.1. The van der Waals surface area contributed by atoms with Crippen LogP contribution in [0.3, 0.4) is 0 Å². The molecule has 130 valence electrons. The second kappa shape index (κ2) is 9.27. The minimum absolute atomic E-state index is 0.0515. The van der Waals surface area contributed by atoms with Crippen molar-refractivity contribution in [2.45, 2.75) is 19.8 Å². The van der Waals surface area contributed by atoms with Gasteiger partial charge in [0.05, 0.1) is 6.61 Å². The van der Waals surface area contributed by atoms with Crippen LogP contribution in [0.1, 0.15) is 35.7 Å². The third kappa shape index (κ3) is 5.80. The van der Waals surface area contributed by atoms with E-state index in [0.717, 1.165) is 12.8 Å². The number of esters is 1. The van der Waals surface area contributed by atoms with E-state index in [1.807, 2.05) is 13.0 Å². The van der Waals surface area contributed by atoms with Gasteiger partial charge in [-0.05, 0) is 42.3 Å². The minimum atomic E-state index is -0.592. The Hall–Kier alpha value is -3.08. The van der Waals surface area contributed by atoms with Crippen LogP contribution in [0.2, 0.25) is 0 Å². The Balaban J connectivity index is 2.20. The molecular formula is C20H21NO4. The summed E-state index contributed by atoms with van der Waals surface area (Å²) in [4.78, 5) is 24.6. The molecule has 0 aliphatic heterocycles. The SMILES string of the molecule is CCCCOC(=O)C(=Cc1ccc(O)cc1)NC(=O)c1ccccc1. The van der Waals surface area contributed by atoms with Gasteiger partial charge in [0.15, 0.2) is 0 Å². The highest BCUT2D eigenvalue weighted by atomic mass is 16.5. The molecule has 2 aromatic carbocycles. The Morgan fingerprint density at radius 1 is 1.08 bits per heavy atom. The van der Waals surface area contributed by atoms with Gasteiger partial charge in [0, 0.05) is 5.56 Å². The average Bonchev–Trinajstić information content (AvgIpc) is 2.63.